The van der Waals surface area contributed by atoms with Crippen molar-refractivity contribution < 1.29 is 18.0 Å². The van der Waals surface area contributed by atoms with Crippen molar-refractivity contribution in [3.63, 3.8) is 0 Å². The maximum absolute atomic E-state index is 13.0. The number of likely N-dealkylation sites (tertiary alicyclic amines) is 1. The van der Waals surface area contributed by atoms with Gasteiger partial charge < -0.3 is 4.90 Å². The molecule has 0 N–H and O–H groups in total. The molecule has 2 aliphatic heterocycles. The molecule has 0 bridgehead atoms. The summed E-state index contributed by atoms with van der Waals surface area (Å²) < 4.78 is 38.9. The molecule has 4 nitrogen and oxygen atoms in total. The largest absolute Gasteiger partial charge is 0.416 e. The van der Waals surface area contributed by atoms with E-state index in [2.05, 4.69) is 14.7 Å². The van der Waals surface area contributed by atoms with Crippen LogP contribution >= 0.6 is 0 Å². The Kier molecular flexibility index (Phi) is 7.68. The fourth-order valence-corrected chi connectivity index (χ4v) is 4.35. The molecular weight excluding hydrogens is 403 g/mol. The molecule has 2 heterocycles. The van der Waals surface area contributed by atoms with E-state index in [1.165, 1.54) is 12.1 Å². The Hall–Kier alpha value is -1.60. The highest BCUT2D eigenvalue weighted by Gasteiger charge is 2.31. The molecule has 174 valence electrons. The lowest BCUT2D eigenvalue weighted by molar-refractivity contribution is -0.137. The second kappa shape index (κ2) is 9.90. The maximum Gasteiger partial charge on any atom is 0.416 e. The number of rotatable bonds is 6. The molecule has 2 fully saturated rings. The van der Waals surface area contributed by atoms with Crippen LogP contribution in [0.2, 0.25) is 0 Å². The summed E-state index contributed by atoms with van der Waals surface area (Å²) in [5.41, 5.74) is -0.192. The number of Topliss-reactive ketones (excluding diaryl/α,β-unsaturated/α-hetero) is 1. The Morgan fingerprint density at radius 1 is 0.968 bits per heavy atom. The zero-order chi connectivity index (χ0) is 22.6. The SMILES string of the molecule is CC(C)(C)C(=O)CN1CCC(CCN2CCN(c3cccc(C(F)(F)F)c3)CC2)CC1. The van der Waals surface area contributed by atoms with Gasteiger partial charge in [-0.1, -0.05) is 26.8 Å². The highest BCUT2D eigenvalue weighted by atomic mass is 19.4. The van der Waals surface area contributed by atoms with E-state index in [1.807, 2.05) is 20.8 Å². The molecule has 7 heteroatoms. The second-order valence-corrected chi connectivity index (χ2v) is 10.1. The summed E-state index contributed by atoms with van der Waals surface area (Å²) in [7, 11) is 0. The van der Waals surface area contributed by atoms with E-state index in [0.717, 1.165) is 71.1 Å². The van der Waals surface area contributed by atoms with E-state index >= 15 is 0 Å². The molecule has 0 radical (unpaired) electrons. The van der Waals surface area contributed by atoms with E-state index in [-0.39, 0.29) is 5.41 Å². The average Bonchev–Trinajstić information content (AvgIpc) is 2.72. The Bertz CT molecular complexity index is 728. The lowest BCUT2D eigenvalue weighted by Crippen LogP contribution is -2.47. The van der Waals surface area contributed by atoms with Crippen molar-refractivity contribution in [2.75, 3.05) is 57.3 Å². The third-order valence-electron chi connectivity index (χ3n) is 6.68. The molecule has 1 aromatic carbocycles. The van der Waals surface area contributed by atoms with Crippen LogP contribution in [-0.4, -0.2) is 67.9 Å². The maximum atomic E-state index is 13.0. The minimum Gasteiger partial charge on any atom is -0.369 e. The molecule has 0 atom stereocenters. The van der Waals surface area contributed by atoms with Gasteiger partial charge in [-0.3, -0.25) is 14.6 Å². The summed E-state index contributed by atoms with van der Waals surface area (Å²) >= 11 is 0. The van der Waals surface area contributed by atoms with Crippen LogP contribution in [0.4, 0.5) is 18.9 Å². The number of carbonyl (C=O) groups is 1. The third-order valence-corrected chi connectivity index (χ3v) is 6.68. The van der Waals surface area contributed by atoms with E-state index in [0.29, 0.717) is 23.9 Å². The van der Waals surface area contributed by atoms with E-state index < -0.39 is 11.7 Å². The Morgan fingerprint density at radius 2 is 1.61 bits per heavy atom. The molecule has 2 aliphatic rings. The van der Waals surface area contributed by atoms with Crippen LogP contribution in [0.5, 0.6) is 0 Å². The summed E-state index contributed by atoms with van der Waals surface area (Å²) in [5.74, 6) is 1.01. The summed E-state index contributed by atoms with van der Waals surface area (Å²) in [6.45, 7) is 12.8. The molecule has 0 spiro atoms. The van der Waals surface area contributed by atoms with Gasteiger partial charge in [-0.05, 0) is 63.0 Å². The number of anilines is 1. The van der Waals surface area contributed by atoms with E-state index in [1.54, 1.807) is 6.07 Å². The topological polar surface area (TPSA) is 26.8 Å². The van der Waals surface area contributed by atoms with Crippen LogP contribution in [0.1, 0.15) is 45.6 Å². The van der Waals surface area contributed by atoms with Crippen LogP contribution < -0.4 is 4.90 Å². The van der Waals surface area contributed by atoms with Crippen LogP contribution in [0.15, 0.2) is 24.3 Å². The van der Waals surface area contributed by atoms with Crippen LogP contribution in [0.3, 0.4) is 0 Å². The van der Waals surface area contributed by atoms with Crippen molar-refractivity contribution in [1.82, 2.24) is 9.80 Å². The van der Waals surface area contributed by atoms with Crippen molar-refractivity contribution in [2.24, 2.45) is 11.3 Å². The van der Waals surface area contributed by atoms with Gasteiger partial charge in [0.1, 0.15) is 0 Å². The number of alkyl halides is 3. The molecule has 0 aliphatic carbocycles. The number of halogens is 3. The Balaban J connectivity index is 1.37. The molecular formula is C24H36F3N3O. The molecule has 0 aromatic heterocycles. The molecule has 2 saturated heterocycles. The Labute approximate surface area is 184 Å². The lowest BCUT2D eigenvalue weighted by atomic mass is 9.89. The first-order chi connectivity index (χ1) is 14.5. The van der Waals surface area contributed by atoms with Gasteiger partial charge in [-0.2, -0.15) is 13.2 Å². The minimum atomic E-state index is -4.30. The first kappa shape index (κ1) is 24.1. The van der Waals surface area contributed by atoms with Crippen LogP contribution in [-0.2, 0) is 11.0 Å². The van der Waals surface area contributed by atoms with Gasteiger partial charge in [-0.25, -0.2) is 0 Å². The standard InChI is InChI=1S/C24H36F3N3O/c1-23(2,3)22(31)18-29-11-8-19(9-12-29)7-10-28-13-15-30(16-14-28)21-6-4-5-20(17-21)24(25,26)27/h4-6,17,19H,7-16,18H2,1-3H3. The van der Waals surface area contributed by atoms with Gasteiger partial charge in [0.2, 0.25) is 0 Å². The number of hydrogen-bond acceptors (Lipinski definition) is 4. The van der Waals surface area contributed by atoms with Gasteiger partial charge in [0.05, 0.1) is 12.1 Å². The van der Waals surface area contributed by atoms with E-state index in [4.69, 9.17) is 0 Å². The zero-order valence-electron chi connectivity index (χ0n) is 19.0. The second-order valence-electron chi connectivity index (χ2n) is 10.1. The van der Waals surface area contributed by atoms with Crippen molar-refractivity contribution in [2.45, 2.75) is 46.2 Å². The van der Waals surface area contributed by atoms with Crippen molar-refractivity contribution in [3.05, 3.63) is 29.8 Å². The van der Waals surface area contributed by atoms with Crippen molar-refractivity contribution >= 4 is 11.5 Å². The number of piperazine rings is 1. The number of carbonyl (C=O) groups excluding carboxylic acids is 1. The smallest absolute Gasteiger partial charge is 0.369 e. The van der Waals surface area contributed by atoms with Crippen LogP contribution in [0.25, 0.3) is 0 Å². The number of benzene rings is 1. The highest BCUT2D eigenvalue weighted by Crippen LogP contribution is 2.32. The quantitative estimate of drug-likeness (QED) is 0.650. The summed E-state index contributed by atoms with van der Waals surface area (Å²) in [5, 5.41) is 0. The van der Waals surface area contributed by atoms with Crippen molar-refractivity contribution in [3.8, 4) is 0 Å². The lowest BCUT2D eigenvalue weighted by Gasteiger charge is -2.38. The van der Waals surface area contributed by atoms with Crippen LogP contribution in [0, 0.1) is 11.3 Å². The van der Waals surface area contributed by atoms with E-state index in [9.17, 15) is 18.0 Å². The Morgan fingerprint density at radius 3 is 2.19 bits per heavy atom. The monoisotopic (exact) mass is 439 g/mol. The molecule has 0 saturated carbocycles. The number of ketones is 1. The highest BCUT2D eigenvalue weighted by molar-refractivity contribution is 5.85. The van der Waals surface area contributed by atoms with Gasteiger partial charge in [0.25, 0.3) is 0 Å². The van der Waals surface area contributed by atoms with Gasteiger partial charge in [0, 0.05) is 37.3 Å². The molecule has 0 amide bonds. The molecule has 1 aromatic rings. The number of piperidine rings is 1. The summed E-state index contributed by atoms with van der Waals surface area (Å²) in [6, 6.07) is 5.65. The fourth-order valence-electron chi connectivity index (χ4n) is 4.35. The first-order valence-corrected chi connectivity index (χ1v) is 11.4. The predicted octanol–water partition coefficient (Wildman–Crippen LogP) is 4.54. The van der Waals surface area contributed by atoms with Gasteiger partial charge >= 0.3 is 6.18 Å². The normalized spacial score (nSPS) is 20.3. The molecule has 31 heavy (non-hydrogen) atoms. The van der Waals surface area contributed by atoms with Crippen molar-refractivity contribution in [1.29, 1.82) is 0 Å². The number of nitrogens with zero attached hydrogens (tertiary/aromatic N) is 3. The van der Waals surface area contributed by atoms with Gasteiger partial charge in [-0.15, -0.1) is 0 Å². The van der Waals surface area contributed by atoms with Gasteiger partial charge in [0.15, 0.2) is 5.78 Å². The minimum absolute atomic E-state index is 0.271. The first-order valence-electron chi connectivity index (χ1n) is 11.4. The average molecular weight is 440 g/mol. The summed E-state index contributed by atoms with van der Waals surface area (Å²) in [6.07, 6.45) is -0.860. The zero-order valence-corrected chi connectivity index (χ0v) is 19.0. The summed E-state index contributed by atoms with van der Waals surface area (Å²) in [4.78, 5) is 19.0. The molecule has 0 unspecified atom stereocenters. The number of hydrogen-bond donors (Lipinski definition) is 0. The molecule has 3 rings (SSSR count). The third kappa shape index (κ3) is 6.94. The predicted molar refractivity (Wildman–Crippen MR) is 118 cm³/mol. The fraction of sp³-hybridized carbons (Fsp3) is 0.708.